The number of esters is 1. The number of rotatable bonds is 3. The highest BCUT2D eigenvalue weighted by Gasteiger charge is 2.15. The number of hydrogen-bond donors (Lipinski definition) is 0. The first kappa shape index (κ1) is 10.7. The maximum atomic E-state index is 11.0. The van der Waals surface area contributed by atoms with E-state index in [9.17, 15) is 9.59 Å². The van der Waals surface area contributed by atoms with Crippen molar-refractivity contribution in [3.63, 3.8) is 0 Å². The lowest BCUT2D eigenvalue weighted by atomic mass is 10.2. The van der Waals surface area contributed by atoms with Crippen molar-refractivity contribution in [1.82, 2.24) is 4.90 Å². The molecular weight excluding hydrogens is 158 g/mol. The maximum absolute atomic E-state index is 11.0. The average Bonchev–Trinajstić information content (AvgIpc) is 2.00. The van der Waals surface area contributed by atoms with Crippen LogP contribution in [0.25, 0.3) is 0 Å². The molecule has 0 aromatic rings. The van der Waals surface area contributed by atoms with E-state index in [0.29, 0.717) is 5.57 Å². The second-order valence-electron chi connectivity index (χ2n) is 2.60. The highest BCUT2D eigenvalue weighted by Crippen LogP contribution is 1.97. The Morgan fingerprint density at radius 2 is 1.83 bits per heavy atom. The molecule has 0 aromatic carbocycles. The molecule has 0 aromatic heterocycles. The zero-order chi connectivity index (χ0) is 9.72. The van der Waals surface area contributed by atoms with Crippen LogP contribution in [0.1, 0.15) is 6.92 Å². The molecule has 0 atom stereocenters. The fraction of sp³-hybridized carbons (Fsp3) is 0.500. The van der Waals surface area contributed by atoms with Gasteiger partial charge in [-0.15, -0.1) is 0 Å². The van der Waals surface area contributed by atoms with Crippen molar-refractivity contribution in [1.29, 1.82) is 0 Å². The number of methoxy groups -OCH3 is 1. The van der Waals surface area contributed by atoms with Gasteiger partial charge < -0.3 is 9.64 Å². The van der Waals surface area contributed by atoms with Gasteiger partial charge in [-0.05, 0) is 6.92 Å². The second kappa shape index (κ2) is 4.54. The molecule has 0 radical (unpaired) electrons. The zero-order valence-electron chi connectivity index (χ0n) is 7.75. The third kappa shape index (κ3) is 3.18. The summed E-state index contributed by atoms with van der Waals surface area (Å²) >= 11 is 0. The van der Waals surface area contributed by atoms with E-state index in [4.69, 9.17) is 0 Å². The minimum atomic E-state index is -0.828. The molecule has 0 spiro atoms. The molecule has 0 saturated carbocycles. The van der Waals surface area contributed by atoms with E-state index in [1.807, 2.05) is 0 Å². The Hall–Kier alpha value is -1.32. The van der Waals surface area contributed by atoms with Crippen LogP contribution < -0.4 is 0 Å². The lowest BCUT2D eigenvalue weighted by Gasteiger charge is -2.05. The summed E-state index contributed by atoms with van der Waals surface area (Å²) in [5.41, 5.74) is 0.367. The normalized spacial score (nSPS) is 10.8. The van der Waals surface area contributed by atoms with E-state index in [0.717, 1.165) is 0 Å². The van der Waals surface area contributed by atoms with Crippen LogP contribution in [0.3, 0.4) is 0 Å². The van der Waals surface area contributed by atoms with Crippen molar-refractivity contribution in [3.05, 3.63) is 11.8 Å². The van der Waals surface area contributed by atoms with Crippen LogP contribution in [-0.2, 0) is 14.3 Å². The largest absolute Gasteiger partial charge is 0.463 e. The van der Waals surface area contributed by atoms with Crippen LogP contribution in [0.4, 0.5) is 0 Å². The molecule has 0 aliphatic heterocycles. The molecule has 0 heterocycles. The van der Waals surface area contributed by atoms with Crippen LogP contribution in [0.15, 0.2) is 11.8 Å². The number of Topliss-reactive ketones (excluding diaryl/α,β-unsaturated/α-hetero) is 1. The van der Waals surface area contributed by atoms with Crippen LogP contribution in [0, 0.1) is 0 Å². The molecular formula is C8H13NO3. The summed E-state index contributed by atoms with van der Waals surface area (Å²) in [5, 5.41) is 0. The van der Waals surface area contributed by atoms with Crippen LogP contribution in [0.5, 0.6) is 0 Å². The Kier molecular flexibility index (Phi) is 4.04. The summed E-state index contributed by atoms with van der Waals surface area (Å²) in [5.74, 6) is -1.43. The van der Waals surface area contributed by atoms with Crippen molar-refractivity contribution >= 4 is 11.8 Å². The standard InChI is InChI=1S/C8H13NO3/c1-6(5-9(2)3)7(10)8(11)12-4/h5H,1-4H3/b6-5-. The summed E-state index contributed by atoms with van der Waals surface area (Å²) in [6.07, 6.45) is 1.57. The summed E-state index contributed by atoms with van der Waals surface area (Å²) in [6.45, 7) is 1.57. The smallest absolute Gasteiger partial charge is 0.379 e. The van der Waals surface area contributed by atoms with Crippen LogP contribution in [0.2, 0.25) is 0 Å². The van der Waals surface area contributed by atoms with E-state index in [-0.39, 0.29) is 0 Å². The Morgan fingerprint density at radius 3 is 2.17 bits per heavy atom. The molecule has 0 aliphatic rings. The van der Waals surface area contributed by atoms with Crippen LogP contribution >= 0.6 is 0 Å². The Morgan fingerprint density at radius 1 is 1.33 bits per heavy atom. The lowest BCUT2D eigenvalue weighted by molar-refractivity contribution is -0.149. The summed E-state index contributed by atoms with van der Waals surface area (Å²) in [7, 11) is 4.73. The summed E-state index contributed by atoms with van der Waals surface area (Å²) in [6, 6.07) is 0. The third-order valence-electron chi connectivity index (χ3n) is 1.18. The van der Waals surface area contributed by atoms with E-state index >= 15 is 0 Å². The fourth-order valence-electron chi connectivity index (χ4n) is 0.700. The third-order valence-corrected chi connectivity index (χ3v) is 1.18. The van der Waals surface area contributed by atoms with Gasteiger partial charge in [0.25, 0.3) is 5.78 Å². The molecule has 0 rings (SSSR count). The van der Waals surface area contributed by atoms with Crippen molar-refractivity contribution in [2.24, 2.45) is 0 Å². The molecule has 0 bridgehead atoms. The Labute approximate surface area is 71.8 Å². The van der Waals surface area contributed by atoms with Gasteiger partial charge in [-0.3, -0.25) is 4.79 Å². The van der Waals surface area contributed by atoms with Gasteiger partial charge in [-0.25, -0.2) is 4.79 Å². The van der Waals surface area contributed by atoms with E-state index in [1.165, 1.54) is 7.11 Å². The Bertz CT molecular complexity index is 218. The van der Waals surface area contributed by atoms with Crippen molar-refractivity contribution < 1.29 is 14.3 Å². The van der Waals surface area contributed by atoms with Gasteiger partial charge in [0.2, 0.25) is 0 Å². The summed E-state index contributed by atoms with van der Waals surface area (Å²) < 4.78 is 4.27. The molecule has 0 aliphatic carbocycles. The molecule has 68 valence electrons. The summed E-state index contributed by atoms with van der Waals surface area (Å²) in [4.78, 5) is 23.4. The number of ether oxygens (including phenoxy) is 1. The van der Waals surface area contributed by atoms with Gasteiger partial charge in [0.05, 0.1) is 7.11 Å². The number of hydrogen-bond acceptors (Lipinski definition) is 4. The highest BCUT2D eigenvalue weighted by atomic mass is 16.5. The second-order valence-corrected chi connectivity index (χ2v) is 2.60. The SMILES string of the molecule is COC(=O)C(=O)/C(C)=C\N(C)C. The first-order valence-corrected chi connectivity index (χ1v) is 3.46. The van der Waals surface area contributed by atoms with Gasteiger partial charge in [0.1, 0.15) is 0 Å². The Balaban J connectivity index is 4.39. The molecule has 4 heteroatoms. The first-order chi connectivity index (χ1) is 5.49. The quantitative estimate of drug-likeness (QED) is 0.345. The predicted molar refractivity (Wildman–Crippen MR) is 44.5 cm³/mol. The number of carbonyl (C=O) groups is 2. The zero-order valence-corrected chi connectivity index (χ0v) is 7.75. The molecule has 0 fully saturated rings. The van der Waals surface area contributed by atoms with Crippen LogP contribution in [-0.4, -0.2) is 37.9 Å². The highest BCUT2D eigenvalue weighted by molar-refractivity contribution is 6.40. The van der Waals surface area contributed by atoms with Crippen molar-refractivity contribution in [3.8, 4) is 0 Å². The van der Waals surface area contributed by atoms with Gasteiger partial charge in [0, 0.05) is 25.9 Å². The number of carbonyl (C=O) groups excluding carboxylic acids is 2. The molecule has 0 N–H and O–H groups in total. The molecule has 4 nitrogen and oxygen atoms in total. The van der Waals surface area contributed by atoms with Crippen molar-refractivity contribution in [2.75, 3.05) is 21.2 Å². The van der Waals surface area contributed by atoms with E-state index in [1.54, 1.807) is 32.1 Å². The van der Waals surface area contributed by atoms with Gasteiger partial charge in [-0.2, -0.15) is 0 Å². The minimum Gasteiger partial charge on any atom is -0.463 e. The fourth-order valence-corrected chi connectivity index (χ4v) is 0.700. The lowest BCUT2D eigenvalue weighted by Crippen LogP contribution is -2.18. The van der Waals surface area contributed by atoms with Gasteiger partial charge in [0.15, 0.2) is 0 Å². The molecule has 0 amide bonds. The number of nitrogens with zero attached hydrogens (tertiary/aromatic N) is 1. The van der Waals surface area contributed by atoms with Gasteiger partial charge >= 0.3 is 5.97 Å². The maximum Gasteiger partial charge on any atom is 0.379 e. The van der Waals surface area contributed by atoms with Gasteiger partial charge in [-0.1, -0.05) is 0 Å². The minimum absolute atomic E-state index is 0.367. The van der Waals surface area contributed by atoms with Crippen molar-refractivity contribution in [2.45, 2.75) is 6.92 Å². The number of ketones is 1. The monoisotopic (exact) mass is 171 g/mol. The predicted octanol–water partition coefficient (Wildman–Crippen LogP) is 0.194. The molecule has 0 unspecified atom stereocenters. The molecule has 12 heavy (non-hydrogen) atoms. The molecule has 0 saturated heterocycles. The van der Waals surface area contributed by atoms with E-state index in [2.05, 4.69) is 4.74 Å². The topological polar surface area (TPSA) is 46.6 Å². The van der Waals surface area contributed by atoms with E-state index < -0.39 is 11.8 Å². The average molecular weight is 171 g/mol. The first-order valence-electron chi connectivity index (χ1n) is 3.46.